The summed E-state index contributed by atoms with van der Waals surface area (Å²) in [5.41, 5.74) is 8.06. The second-order valence-electron chi connectivity index (χ2n) is 4.94. The summed E-state index contributed by atoms with van der Waals surface area (Å²) in [7, 11) is 0. The molecule has 0 amide bonds. The average molecular weight is 286 g/mol. The van der Waals surface area contributed by atoms with Gasteiger partial charge in [-0.05, 0) is 18.4 Å². The number of hydrogen-bond donors (Lipinski definition) is 1. The van der Waals surface area contributed by atoms with Gasteiger partial charge >= 0.3 is 0 Å². The Kier molecular flexibility index (Phi) is 3.25. The maximum absolute atomic E-state index is 13.3. The van der Waals surface area contributed by atoms with Crippen molar-refractivity contribution in [2.45, 2.75) is 26.2 Å². The lowest BCUT2D eigenvalue weighted by Crippen LogP contribution is -2.06. The highest BCUT2D eigenvalue weighted by Gasteiger charge is 2.16. The van der Waals surface area contributed by atoms with E-state index in [1.807, 2.05) is 0 Å². The van der Waals surface area contributed by atoms with Crippen molar-refractivity contribution in [3.63, 3.8) is 0 Å². The largest absolute Gasteiger partial charge is 0.368 e. The van der Waals surface area contributed by atoms with Crippen LogP contribution in [0.5, 0.6) is 0 Å². The highest BCUT2D eigenvalue weighted by atomic mass is 19.1. The number of aromatic nitrogens is 5. The fourth-order valence-electron chi connectivity index (χ4n) is 2.15. The minimum absolute atomic E-state index is 0.216. The number of halogens is 1. The van der Waals surface area contributed by atoms with Crippen LogP contribution in [0.3, 0.4) is 0 Å². The summed E-state index contributed by atoms with van der Waals surface area (Å²) in [5.74, 6) is 0.423. The fourth-order valence-corrected chi connectivity index (χ4v) is 2.15. The van der Waals surface area contributed by atoms with E-state index >= 15 is 0 Å². The number of rotatable bonds is 3. The number of pyridine rings is 1. The molecule has 0 aliphatic carbocycles. The van der Waals surface area contributed by atoms with Gasteiger partial charge in [0.05, 0.1) is 12.4 Å². The number of hydrogen-bond acceptors (Lipinski definition) is 5. The first kappa shape index (κ1) is 13.4. The second-order valence-corrected chi connectivity index (χ2v) is 4.94. The Morgan fingerprint density at radius 2 is 2.10 bits per heavy atom. The third kappa shape index (κ3) is 2.31. The van der Waals surface area contributed by atoms with Gasteiger partial charge in [-0.1, -0.05) is 13.8 Å². The van der Waals surface area contributed by atoms with Crippen molar-refractivity contribution in [3.8, 4) is 11.4 Å². The Morgan fingerprint density at radius 1 is 1.29 bits per heavy atom. The molecule has 0 saturated carbocycles. The van der Waals surface area contributed by atoms with Crippen LogP contribution in [-0.4, -0.2) is 24.6 Å². The molecule has 3 aromatic rings. The first-order valence-electron chi connectivity index (χ1n) is 6.72. The van der Waals surface area contributed by atoms with Gasteiger partial charge in [-0.15, -0.1) is 0 Å². The molecule has 6 nitrogen and oxygen atoms in total. The molecule has 0 aliphatic rings. The highest BCUT2D eigenvalue weighted by molar-refractivity contribution is 5.61. The van der Waals surface area contributed by atoms with Crippen LogP contribution in [0.1, 0.15) is 31.7 Å². The molecular weight excluding hydrogens is 271 g/mol. The van der Waals surface area contributed by atoms with Crippen LogP contribution in [0.15, 0.2) is 24.7 Å². The molecule has 108 valence electrons. The van der Waals surface area contributed by atoms with Crippen molar-refractivity contribution in [2.75, 3.05) is 5.73 Å². The topological polar surface area (TPSA) is 82.0 Å². The lowest BCUT2D eigenvalue weighted by molar-refractivity contribution is 0.622. The third-order valence-corrected chi connectivity index (χ3v) is 3.53. The minimum Gasteiger partial charge on any atom is -0.368 e. The van der Waals surface area contributed by atoms with E-state index in [1.54, 1.807) is 6.20 Å². The van der Waals surface area contributed by atoms with Crippen molar-refractivity contribution in [2.24, 2.45) is 0 Å². The number of fused-ring (bicyclic) bond motifs is 1. The van der Waals surface area contributed by atoms with Crippen LogP contribution < -0.4 is 5.73 Å². The number of anilines is 1. The third-order valence-electron chi connectivity index (χ3n) is 3.53. The molecule has 21 heavy (non-hydrogen) atoms. The quantitative estimate of drug-likeness (QED) is 0.799. The van der Waals surface area contributed by atoms with Crippen LogP contribution in [0.25, 0.3) is 17.0 Å². The van der Waals surface area contributed by atoms with Crippen molar-refractivity contribution in [3.05, 3.63) is 36.0 Å². The Bertz CT molecular complexity index is 797. The Morgan fingerprint density at radius 3 is 2.81 bits per heavy atom. The molecule has 0 bridgehead atoms. The van der Waals surface area contributed by atoms with Crippen molar-refractivity contribution in [1.29, 1.82) is 0 Å². The summed E-state index contributed by atoms with van der Waals surface area (Å²) in [6.45, 7) is 4.19. The van der Waals surface area contributed by atoms with E-state index in [0.29, 0.717) is 23.0 Å². The summed E-state index contributed by atoms with van der Waals surface area (Å²) in [4.78, 5) is 12.5. The van der Waals surface area contributed by atoms with Gasteiger partial charge in [0.2, 0.25) is 5.95 Å². The Labute approximate surface area is 120 Å². The standard InChI is InChI=1S/C14H15FN6/c1-3-8(2)11-7-18-21-13(11)19-12(20-14(21)16)9-4-10(15)6-17-5-9/h4-8H,3H2,1-2H3,(H2,16,19,20). The molecule has 1 atom stereocenters. The van der Waals surface area contributed by atoms with Crippen molar-refractivity contribution < 1.29 is 4.39 Å². The van der Waals surface area contributed by atoms with Gasteiger partial charge in [-0.25, -0.2) is 9.37 Å². The molecule has 0 radical (unpaired) electrons. The zero-order chi connectivity index (χ0) is 15.0. The smallest absolute Gasteiger partial charge is 0.225 e. The van der Waals surface area contributed by atoms with E-state index in [-0.39, 0.29) is 5.95 Å². The SMILES string of the molecule is CCC(C)c1cnn2c(N)nc(-c3cncc(F)c3)nc12. The molecular formula is C14H15FN6. The van der Waals surface area contributed by atoms with E-state index < -0.39 is 5.82 Å². The minimum atomic E-state index is -0.440. The normalized spacial score (nSPS) is 12.7. The number of nitrogens with two attached hydrogens (primary N) is 1. The van der Waals surface area contributed by atoms with Crippen LogP contribution in [0.4, 0.5) is 10.3 Å². The van der Waals surface area contributed by atoms with E-state index in [2.05, 4.69) is 33.9 Å². The molecule has 2 N–H and O–H groups in total. The Hall–Kier alpha value is -2.57. The van der Waals surface area contributed by atoms with Gasteiger partial charge in [0, 0.05) is 17.3 Å². The zero-order valence-electron chi connectivity index (χ0n) is 11.8. The van der Waals surface area contributed by atoms with Gasteiger partial charge in [-0.2, -0.15) is 14.6 Å². The maximum Gasteiger partial charge on any atom is 0.225 e. The van der Waals surface area contributed by atoms with Gasteiger partial charge < -0.3 is 5.73 Å². The zero-order valence-corrected chi connectivity index (χ0v) is 11.8. The maximum atomic E-state index is 13.3. The summed E-state index contributed by atoms with van der Waals surface area (Å²) in [5, 5.41) is 4.22. The summed E-state index contributed by atoms with van der Waals surface area (Å²) >= 11 is 0. The highest BCUT2D eigenvalue weighted by Crippen LogP contribution is 2.25. The molecule has 0 spiro atoms. The first-order valence-corrected chi connectivity index (χ1v) is 6.72. The first-order chi connectivity index (χ1) is 10.1. The fraction of sp³-hybridized carbons (Fsp3) is 0.286. The molecule has 3 heterocycles. The van der Waals surface area contributed by atoms with Crippen molar-refractivity contribution in [1.82, 2.24) is 24.6 Å². The predicted octanol–water partition coefficient (Wildman–Crippen LogP) is 2.42. The van der Waals surface area contributed by atoms with Crippen LogP contribution in [0, 0.1) is 5.82 Å². The molecule has 0 aliphatic heterocycles. The molecule has 3 aromatic heterocycles. The van der Waals surface area contributed by atoms with E-state index in [0.717, 1.165) is 18.2 Å². The molecule has 0 saturated heterocycles. The molecule has 1 unspecified atom stereocenters. The molecule has 3 rings (SSSR count). The van der Waals surface area contributed by atoms with Crippen LogP contribution >= 0.6 is 0 Å². The summed E-state index contributed by atoms with van der Waals surface area (Å²) in [6.07, 6.45) is 5.35. The Balaban J connectivity index is 2.21. The predicted molar refractivity (Wildman–Crippen MR) is 77.1 cm³/mol. The lowest BCUT2D eigenvalue weighted by atomic mass is 10.0. The van der Waals surface area contributed by atoms with Crippen LogP contribution in [-0.2, 0) is 0 Å². The second kappa shape index (κ2) is 5.08. The van der Waals surface area contributed by atoms with E-state index in [9.17, 15) is 4.39 Å². The molecule has 0 aromatic carbocycles. The van der Waals surface area contributed by atoms with Gasteiger partial charge in [0.15, 0.2) is 11.5 Å². The van der Waals surface area contributed by atoms with Crippen molar-refractivity contribution >= 4 is 11.6 Å². The van der Waals surface area contributed by atoms with Crippen LogP contribution in [0.2, 0.25) is 0 Å². The molecule has 7 heteroatoms. The molecule has 0 fully saturated rings. The van der Waals surface area contributed by atoms with Gasteiger partial charge in [0.25, 0.3) is 0 Å². The van der Waals surface area contributed by atoms with E-state index in [4.69, 9.17) is 5.73 Å². The van der Waals surface area contributed by atoms with Gasteiger partial charge in [-0.3, -0.25) is 4.98 Å². The number of nitrogens with zero attached hydrogens (tertiary/aromatic N) is 5. The monoisotopic (exact) mass is 286 g/mol. The van der Waals surface area contributed by atoms with E-state index in [1.165, 1.54) is 16.8 Å². The lowest BCUT2D eigenvalue weighted by Gasteiger charge is -2.07. The average Bonchev–Trinajstić information content (AvgIpc) is 2.91. The summed E-state index contributed by atoms with van der Waals surface area (Å²) < 4.78 is 14.8. The van der Waals surface area contributed by atoms with Gasteiger partial charge in [0.1, 0.15) is 5.82 Å². The number of nitrogen functional groups attached to an aromatic ring is 1. The summed E-state index contributed by atoms with van der Waals surface area (Å²) in [6, 6.07) is 1.33.